The summed E-state index contributed by atoms with van der Waals surface area (Å²) in [6, 6.07) is 16.4. The van der Waals surface area contributed by atoms with Crippen LogP contribution < -0.4 is 0 Å². The van der Waals surface area contributed by atoms with Crippen molar-refractivity contribution in [3.63, 3.8) is 0 Å². The lowest BCUT2D eigenvalue weighted by Crippen LogP contribution is -2.42. The van der Waals surface area contributed by atoms with Crippen LogP contribution in [-0.4, -0.2) is 55.1 Å². The topological polar surface area (TPSA) is 114 Å². The van der Waals surface area contributed by atoms with E-state index in [-0.39, 0.29) is 12.2 Å². The molecule has 1 fully saturated rings. The van der Waals surface area contributed by atoms with Gasteiger partial charge in [-0.15, -0.1) is 0 Å². The molecule has 9 nitrogen and oxygen atoms in total. The molecule has 1 saturated heterocycles. The third-order valence-electron chi connectivity index (χ3n) is 4.49. The van der Waals surface area contributed by atoms with Crippen molar-refractivity contribution in [2.45, 2.75) is 38.4 Å². The molecule has 0 aromatic heterocycles. The van der Waals surface area contributed by atoms with Crippen molar-refractivity contribution in [3.8, 4) is 0 Å². The van der Waals surface area contributed by atoms with Gasteiger partial charge in [0.15, 0.2) is 6.10 Å². The number of hydrogen-bond donors (Lipinski definition) is 0. The molecule has 32 heavy (non-hydrogen) atoms. The third-order valence-corrected chi connectivity index (χ3v) is 4.49. The van der Waals surface area contributed by atoms with E-state index in [1.807, 2.05) is 0 Å². The summed E-state index contributed by atoms with van der Waals surface area (Å²) in [5.74, 6) is -2.72. The maximum Gasteiger partial charge on any atom is 0.338 e. The maximum absolute atomic E-state index is 12.6. The minimum Gasteiger partial charge on any atom is -0.459 e. The number of rotatable bonds is 7. The highest BCUT2D eigenvalue weighted by Crippen LogP contribution is 2.29. The van der Waals surface area contributed by atoms with Crippen molar-refractivity contribution < 1.29 is 42.9 Å². The largest absolute Gasteiger partial charge is 0.459 e. The first-order chi connectivity index (χ1) is 15.3. The average molecular weight is 442 g/mol. The van der Waals surface area contributed by atoms with Gasteiger partial charge in [-0.05, 0) is 24.3 Å². The molecular weight excluding hydrogens is 420 g/mol. The normalized spacial score (nSPS) is 21.9. The van der Waals surface area contributed by atoms with E-state index in [4.69, 9.17) is 23.7 Å². The smallest absolute Gasteiger partial charge is 0.338 e. The van der Waals surface area contributed by atoms with Crippen molar-refractivity contribution in [1.29, 1.82) is 0 Å². The summed E-state index contributed by atoms with van der Waals surface area (Å²) in [4.78, 5) is 48.1. The van der Waals surface area contributed by atoms with Crippen molar-refractivity contribution >= 4 is 23.9 Å². The lowest BCUT2D eigenvalue weighted by Gasteiger charge is -2.23. The molecule has 0 unspecified atom stereocenters. The van der Waals surface area contributed by atoms with E-state index in [0.29, 0.717) is 5.56 Å². The van der Waals surface area contributed by atoms with Crippen LogP contribution >= 0.6 is 0 Å². The predicted molar refractivity (Wildman–Crippen MR) is 108 cm³/mol. The quantitative estimate of drug-likeness (QED) is 0.470. The second-order valence-corrected chi connectivity index (χ2v) is 6.93. The van der Waals surface area contributed by atoms with E-state index in [1.54, 1.807) is 60.7 Å². The van der Waals surface area contributed by atoms with Gasteiger partial charge in [0.2, 0.25) is 12.4 Å². The zero-order valence-corrected chi connectivity index (χ0v) is 17.5. The number of esters is 4. The molecule has 1 heterocycles. The number of hydrogen-bond acceptors (Lipinski definition) is 9. The van der Waals surface area contributed by atoms with Crippen LogP contribution in [0.4, 0.5) is 0 Å². The molecule has 3 rings (SSSR count). The number of benzene rings is 2. The highest BCUT2D eigenvalue weighted by Gasteiger charge is 2.52. The fourth-order valence-electron chi connectivity index (χ4n) is 3.12. The summed E-state index contributed by atoms with van der Waals surface area (Å²) in [5, 5.41) is 0. The van der Waals surface area contributed by atoms with Crippen LogP contribution in [-0.2, 0) is 33.3 Å². The zero-order chi connectivity index (χ0) is 23.1. The molecule has 0 spiro atoms. The molecule has 0 bridgehead atoms. The SMILES string of the molecule is CC(=O)O[C@H]1O[C@@H](COC(=O)c2ccccc2)[C@H](OC(C)=O)[C@@H]1OC(=O)c1ccccc1. The van der Waals surface area contributed by atoms with Gasteiger partial charge in [0.1, 0.15) is 12.7 Å². The highest BCUT2D eigenvalue weighted by molar-refractivity contribution is 5.90. The molecule has 0 N–H and O–H groups in total. The molecule has 4 atom stereocenters. The maximum atomic E-state index is 12.6. The Balaban J connectivity index is 1.78. The van der Waals surface area contributed by atoms with Crippen LogP contribution in [0.25, 0.3) is 0 Å². The van der Waals surface area contributed by atoms with Gasteiger partial charge in [-0.25, -0.2) is 9.59 Å². The van der Waals surface area contributed by atoms with Crippen molar-refractivity contribution in [2.75, 3.05) is 6.61 Å². The minimum atomic E-state index is -1.36. The Bertz CT molecular complexity index is 958. The van der Waals surface area contributed by atoms with Crippen LogP contribution in [0.1, 0.15) is 34.6 Å². The molecule has 0 radical (unpaired) electrons. The first kappa shape index (κ1) is 23.0. The van der Waals surface area contributed by atoms with Gasteiger partial charge in [-0.2, -0.15) is 0 Å². The Labute approximate surface area is 184 Å². The Kier molecular flexibility index (Phi) is 7.56. The molecule has 2 aromatic carbocycles. The van der Waals surface area contributed by atoms with E-state index < -0.39 is 48.5 Å². The second-order valence-electron chi connectivity index (χ2n) is 6.93. The van der Waals surface area contributed by atoms with E-state index in [2.05, 4.69) is 0 Å². The third kappa shape index (κ3) is 5.92. The first-order valence-corrected chi connectivity index (χ1v) is 9.83. The standard InChI is InChI=1S/C23H22O9/c1-14(24)29-19-18(13-28-21(26)16-9-5-3-6-10-16)31-23(30-15(2)25)20(19)32-22(27)17-11-7-4-8-12-17/h3-12,18-20,23H,13H2,1-2H3/t18-,19-,20-,23-/m0/s1. The van der Waals surface area contributed by atoms with Crippen molar-refractivity contribution in [2.24, 2.45) is 0 Å². The Morgan fingerprint density at radius 1 is 0.719 bits per heavy atom. The van der Waals surface area contributed by atoms with Crippen molar-refractivity contribution in [1.82, 2.24) is 0 Å². The lowest BCUT2D eigenvalue weighted by atomic mass is 10.1. The summed E-state index contributed by atoms with van der Waals surface area (Å²) in [7, 11) is 0. The van der Waals surface area contributed by atoms with Gasteiger partial charge in [-0.1, -0.05) is 36.4 Å². The number of carbonyl (C=O) groups excluding carboxylic acids is 4. The van der Waals surface area contributed by atoms with Gasteiger partial charge < -0.3 is 23.7 Å². The summed E-state index contributed by atoms with van der Waals surface area (Å²) in [6.45, 7) is 1.99. The summed E-state index contributed by atoms with van der Waals surface area (Å²) >= 11 is 0. The van der Waals surface area contributed by atoms with Crippen molar-refractivity contribution in [3.05, 3.63) is 71.8 Å². The van der Waals surface area contributed by atoms with Crippen LogP contribution in [0.5, 0.6) is 0 Å². The molecule has 2 aromatic rings. The van der Waals surface area contributed by atoms with Crippen LogP contribution in [0.2, 0.25) is 0 Å². The first-order valence-electron chi connectivity index (χ1n) is 9.83. The van der Waals surface area contributed by atoms with Crippen LogP contribution in [0.3, 0.4) is 0 Å². The molecule has 168 valence electrons. The fourth-order valence-corrected chi connectivity index (χ4v) is 3.12. The Morgan fingerprint density at radius 2 is 1.25 bits per heavy atom. The minimum absolute atomic E-state index is 0.245. The summed E-state index contributed by atoms with van der Waals surface area (Å²) in [5.41, 5.74) is 0.563. The molecule has 1 aliphatic heterocycles. The second kappa shape index (κ2) is 10.5. The molecule has 0 aliphatic carbocycles. The van der Waals surface area contributed by atoms with Gasteiger partial charge in [0, 0.05) is 13.8 Å². The summed E-state index contributed by atoms with van der Waals surface area (Å²) < 4.78 is 26.8. The van der Waals surface area contributed by atoms with Gasteiger partial charge >= 0.3 is 23.9 Å². The van der Waals surface area contributed by atoms with Crippen LogP contribution in [0, 0.1) is 0 Å². The lowest BCUT2D eigenvalue weighted by molar-refractivity contribution is -0.188. The molecule has 9 heteroatoms. The van der Waals surface area contributed by atoms with E-state index >= 15 is 0 Å². The average Bonchev–Trinajstić information content (AvgIpc) is 3.08. The Morgan fingerprint density at radius 3 is 1.78 bits per heavy atom. The highest BCUT2D eigenvalue weighted by atomic mass is 16.8. The van der Waals surface area contributed by atoms with E-state index in [9.17, 15) is 19.2 Å². The number of ether oxygens (including phenoxy) is 5. The van der Waals surface area contributed by atoms with Crippen LogP contribution in [0.15, 0.2) is 60.7 Å². The van der Waals surface area contributed by atoms with Gasteiger partial charge in [-0.3, -0.25) is 9.59 Å². The summed E-state index contributed by atoms with van der Waals surface area (Å²) in [6.07, 6.45) is -4.83. The van der Waals surface area contributed by atoms with E-state index in [0.717, 1.165) is 6.92 Å². The number of carbonyl (C=O) groups is 4. The Hall–Kier alpha value is -3.72. The van der Waals surface area contributed by atoms with Gasteiger partial charge in [0.05, 0.1) is 11.1 Å². The molecular formula is C23H22O9. The van der Waals surface area contributed by atoms with Gasteiger partial charge in [0.25, 0.3) is 0 Å². The predicted octanol–water partition coefficient (Wildman–Crippen LogP) is 2.29. The van der Waals surface area contributed by atoms with E-state index in [1.165, 1.54) is 6.92 Å². The monoisotopic (exact) mass is 442 g/mol. The fraction of sp³-hybridized carbons (Fsp3) is 0.304. The molecule has 0 saturated carbocycles. The molecule has 0 amide bonds. The molecule has 1 aliphatic rings. The zero-order valence-electron chi connectivity index (χ0n) is 17.5.